The Morgan fingerprint density at radius 1 is 1.09 bits per heavy atom. The summed E-state index contributed by atoms with van der Waals surface area (Å²) in [5.41, 5.74) is -0.116. The van der Waals surface area contributed by atoms with Crippen molar-refractivity contribution in [2.75, 3.05) is 6.54 Å². The van der Waals surface area contributed by atoms with Crippen molar-refractivity contribution < 1.29 is 26.7 Å². The van der Waals surface area contributed by atoms with Gasteiger partial charge in [0.1, 0.15) is 22.3 Å². The first kappa shape index (κ1) is 17.5. The molecular formula is C15H14F3NO3S. The van der Waals surface area contributed by atoms with E-state index in [1.165, 1.54) is 6.07 Å². The van der Waals surface area contributed by atoms with E-state index < -0.39 is 50.6 Å². The molecule has 2 aromatic rings. The third-order valence-electron chi connectivity index (χ3n) is 3.18. The molecule has 2 N–H and O–H groups in total. The van der Waals surface area contributed by atoms with Crippen LogP contribution in [0.25, 0.3) is 0 Å². The van der Waals surface area contributed by atoms with Gasteiger partial charge in [0.2, 0.25) is 10.0 Å². The zero-order chi connectivity index (χ0) is 17.2. The van der Waals surface area contributed by atoms with Crippen molar-refractivity contribution in [2.45, 2.75) is 17.9 Å². The van der Waals surface area contributed by atoms with Crippen LogP contribution in [0.4, 0.5) is 13.2 Å². The molecule has 0 aliphatic rings. The Hall–Kier alpha value is -1.90. The van der Waals surface area contributed by atoms with Gasteiger partial charge in [-0.05, 0) is 36.8 Å². The SMILES string of the molecule is Cc1ccc(S(=O)(=O)NCC(O)c2c(F)cccc2F)c(F)c1. The molecule has 0 fully saturated rings. The minimum absolute atomic E-state index is 0.537. The summed E-state index contributed by atoms with van der Waals surface area (Å²) in [7, 11) is -4.27. The van der Waals surface area contributed by atoms with Crippen LogP contribution in [0.15, 0.2) is 41.3 Å². The third kappa shape index (κ3) is 3.90. The van der Waals surface area contributed by atoms with Gasteiger partial charge in [0.05, 0.1) is 11.7 Å². The van der Waals surface area contributed by atoms with Crippen LogP contribution < -0.4 is 4.72 Å². The van der Waals surface area contributed by atoms with Crippen LogP contribution in [-0.2, 0) is 10.0 Å². The fourth-order valence-electron chi connectivity index (χ4n) is 2.02. The van der Waals surface area contributed by atoms with E-state index in [0.717, 1.165) is 30.3 Å². The molecule has 4 nitrogen and oxygen atoms in total. The number of sulfonamides is 1. The second-order valence-corrected chi connectivity index (χ2v) is 6.67. The van der Waals surface area contributed by atoms with Crippen LogP contribution in [0.2, 0.25) is 0 Å². The van der Waals surface area contributed by atoms with Crippen molar-refractivity contribution in [3.8, 4) is 0 Å². The summed E-state index contributed by atoms with van der Waals surface area (Å²) in [6.07, 6.45) is -1.75. The molecule has 0 spiro atoms. The molecule has 1 atom stereocenters. The number of hydrogen-bond donors (Lipinski definition) is 2. The molecule has 0 aliphatic heterocycles. The van der Waals surface area contributed by atoms with Gasteiger partial charge in [-0.1, -0.05) is 12.1 Å². The lowest BCUT2D eigenvalue weighted by molar-refractivity contribution is 0.172. The second kappa shape index (κ2) is 6.69. The highest BCUT2D eigenvalue weighted by molar-refractivity contribution is 7.89. The van der Waals surface area contributed by atoms with Gasteiger partial charge in [0.25, 0.3) is 0 Å². The van der Waals surface area contributed by atoms with Gasteiger partial charge in [0, 0.05) is 6.54 Å². The number of benzene rings is 2. The molecule has 124 valence electrons. The van der Waals surface area contributed by atoms with Crippen LogP contribution in [0, 0.1) is 24.4 Å². The van der Waals surface area contributed by atoms with Crippen LogP contribution in [0.3, 0.4) is 0 Å². The van der Waals surface area contributed by atoms with Crippen molar-refractivity contribution >= 4 is 10.0 Å². The molecule has 0 aliphatic carbocycles. The molecule has 0 heterocycles. The summed E-state index contributed by atoms with van der Waals surface area (Å²) >= 11 is 0. The molecular weight excluding hydrogens is 331 g/mol. The minimum atomic E-state index is -4.27. The number of aryl methyl sites for hydroxylation is 1. The maximum absolute atomic E-state index is 13.7. The number of aliphatic hydroxyl groups is 1. The molecule has 8 heteroatoms. The Bertz CT molecular complexity index is 804. The lowest BCUT2D eigenvalue weighted by Gasteiger charge is -2.14. The van der Waals surface area contributed by atoms with Crippen molar-refractivity contribution in [2.24, 2.45) is 0 Å². The maximum Gasteiger partial charge on any atom is 0.243 e. The molecule has 23 heavy (non-hydrogen) atoms. The van der Waals surface area contributed by atoms with Gasteiger partial charge >= 0.3 is 0 Å². The summed E-state index contributed by atoms with van der Waals surface area (Å²) in [6, 6.07) is 6.52. The van der Waals surface area contributed by atoms with Crippen molar-refractivity contribution in [3.05, 3.63) is 65.0 Å². The zero-order valence-electron chi connectivity index (χ0n) is 12.1. The Morgan fingerprint density at radius 2 is 1.70 bits per heavy atom. The van der Waals surface area contributed by atoms with Gasteiger partial charge in [-0.15, -0.1) is 0 Å². The highest BCUT2D eigenvalue weighted by Gasteiger charge is 2.23. The van der Waals surface area contributed by atoms with Gasteiger partial charge < -0.3 is 5.11 Å². The normalized spacial score (nSPS) is 13.1. The Balaban J connectivity index is 2.19. The van der Waals surface area contributed by atoms with E-state index in [1.54, 1.807) is 6.92 Å². The first-order valence-electron chi connectivity index (χ1n) is 6.60. The first-order chi connectivity index (χ1) is 10.7. The van der Waals surface area contributed by atoms with Gasteiger partial charge in [0.15, 0.2) is 0 Å². The molecule has 0 aromatic heterocycles. The molecule has 0 saturated heterocycles. The predicted octanol–water partition coefficient (Wildman–Crippen LogP) is 2.42. The number of hydrogen-bond acceptors (Lipinski definition) is 3. The Labute approximate surface area is 131 Å². The van der Waals surface area contributed by atoms with E-state index in [4.69, 9.17) is 0 Å². The average molecular weight is 345 g/mol. The number of nitrogens with one attached hydrogen (secondary N) is 1. The summed E-state index contributed by atoms with van der Waals surface area (Å²) in [5.74, 6) is -2.96. The minimum Gasteiger partial charge on any atom is -0.387 e. The van der Waals surface area contributed by atoms with Crippen molar-refractivity contribution in [1.29, 1.82) is 0 Å². The number of rotatable bonds is 5. The summed E-state index contributed by atoms with van der Waals surface area (Å²) in [6.45, 7) is 0.894. The third-order valence-corrected chi connectivity index (χ3v) is 4.63. The monoisotopic (exact) mass is 345 g/mol. The summed E-state index contributed by atoms with van der Waals surface area (Å²) in [4.78, 5) is -0.607. The average Bonchev–Trinajstić information content (AvgIpc) is 2.44. The highest BCUT2D eigenvalue weighted by Crippen LogP contribution is 2.21. The fraction of sp³-hybridized carbons (Fsp3) is 0.200. The van der Waals surface area contributed by atoms with Crippen LogP contribution in [-0.4, -0.2) is 20.1 Å². The van der Waals surface area contributed by atoms with Crippen LogP contribution in [0.5, 0.6) is 0 Å². The van der Waals surface area contributed by atoms with Crippen LogP contribution in [0.1, 0.15) is 17.2 Å². The molecule has 0 bridgehead atoms. The molecule has 2 rings (SSSR count). The smallest absolute Gasteiger partial charge is 0.243 e. The van der Waals surface area contributed by atoms with E-state index in [1.807, 2.05) is 4.72 Å². The van der Waals surface area contributed by atoms with Crippen molar-refractivity contribution in [3.63, 3.8) is 0 Å². The van der Waals surface area contributed by atoms with Crippen LogP contribution >= 0.6 is 0 Å². The van der Waals surface area contributed by atoms with Gasteiger partial charge in [-0.3, -0.25) is 0 Å². The summed E-state index contributed by atoms with van der Waals surface area (Å²) in [5, 5.41) is 9.81. The molecule has 0 radical (unpaired) electrons. The number of halogens is 3. The van der Waals surface area contributed by atoms with E-state index in [9.17, 15) is 26.7 Å². The fourth-order valence-corrected chi connectivity index (χ4v) is 3.12. The van der Waals surface area contributed by atoms with E-state index >= 15 is 0 Å². The van der Waals surface area contributed by atoms with Crippen molar-refractivity contribution in [1.82, 2.24) is 4.72 Å². The first-order valence-corrected chi connectivity index (χ1v) is 8.08. The Kier molecular flexibility index (Phi) is 5.08. The second-order valence-electron chi connectivity index (χ2n) is 4.94. The quantitative estimate of drug-likeness (QED) is 0.875. The standard InChI is InChI=1S/C15H14F3NO3S/c1-9-5-6-14(12(18)7-9)23(21,22)19-8-13(20)15-10(16)3-2-4-11(15)17/h2-7,13,19-20H,8H2,1H3. The van der Waals surface area contributed by atoms with E-state index in [2.05, 4.69) is 0 Å². The van der Waals surface area contributed by atoms with E-state index in [-0.39, 0.29) is 0 Å². The predicted molar refractivity (Wildman–Crippen MR) is 77.6 cm³/mol. The van der Waals surface area contributed by atoms with Gasteiger partial charge in [-0.2, -0.15) is 0 Å². The van der Waals surface area contributed by atoms with E-state index in [0.29, 0.717) is 5.56 Å². The molecule has 2 aromatic carbocycles. The molecule has 0 saturated carbocycles. The molecule has 1 unspecified atom stereocenters. The number of aliphatic hydroxyl groups excluding tert-OH is 1. The maximum atomic E-state index is 13.7. The highest BCUT2D eigenvalue weighted by atomic mass is 32.2. The lowest BCUT2D eigenvalue weighted by Crippen LogP contribution is -2.30. The largest absolute Gasteiger partial charge is 0.387 e. The molecule has 0 amide bonds. The lowest BCUT2D eigenvalue weighted by atomic mass is 10.1. The van der Waals surface area contributed by atoms with Gasteiger partial charge in [-0.25, -0.2) is 26.3 Å². The zero-order valence-corrected chi connectivity index (χ0v) is 12.9. The Morgan fingerprint density at radius 3 is 2.26 bits per heavy atom. The topological polar surface area (TPSA) is 66.4 Å². The summed E-state index contributed by atoms with van der Waals surface area (Å²) < 4.78 is 66.7.